The molecule has 0 radical (unpaired) electrons. The predicted molar refractivity (Wildman–Crippen MR) is 93.0 cm³/mol. The largest absolute Gasteiger partial charge is 0.490 e. The highest BCUT2D eigenvalue weighted by Gasteiger charge is 2.18. The Balaban J connectivity index is 1.67. The number of carbonyl (C=O) groups is 1. The molecule has 1 N–H and O–H groups in total. The van der Waals surface area contributed by atoms with E-state index in [9.17, 15) is 4.79 Å². The van der Waals surface area contributed by atoms with E-state index in [-0.39, 0.29) is 17.7 Å². The van der Waals surface area contributed by atoms with Crippen molar-refractivity contribution >= 4 is 5.91 Å². The van der Waals surface area contributed by atoms with Crippen LogP contribution in [0, 0.1) is 5.92 Å². The molecule has 0 aliphatic carbocycles. The molecule has 25 heavy (non-hydrogen) atoms. The smallest absolute Gasteiger partial charge is 0.290 e. The second-order valence-corrected chi connectivity index (χ2v) is 6.73. The van der Waals surface area contributed by atoms with Crippen LogP contribution in [0.1, 0.15) is 55.0 Å². The summed E-state index contributed by atoms with van der Waals surface area (Å²) < 4.78 is 16.5. The first-order chi connectivity index (χ1) is 12.0. The maximum Gasteiger partial charge on any atom is 0.290 e. The highest BCUT2D eigenvalue weighted by Crippen LogP contribution is 2.32. The number of nitrogens with one attached hydrogen (secondary N) is 1. The molecule has 2 aromatic rings. The number of fused-ring (bicyclic) bond motifs is 1. The van der Waals surface area contributed by atoms with Crippen molar-refractivity contribution in [3.63, 3.8) is 0 Å². The van der Waals surface area contributed by atoms with Crippen LogP contribution in [0.3, 0.4) is 0 Å². The molecule has 1 aromatic heterocycles. The Morgan fingerprint density at radius 3 is 2.68 bits per heavy atom. The minimum Gasteiger partial charge on any atom is -0.490 e. The number of nitrogens with zero attached hydrogens (tertiary/aromatic N) is 1. The molecule has 0 fully saturated rings. The van der Waals surface area contributed by atoms with Gasteiger partial charge in [0.15, 0.2) is 11.5 Å². The topological polar surface area (TPSA) is 73.6 Å². The van der Waals surface area contributed by atoms with Crippen LogP contribution in [0.25, 0.3) is 0 Å². The van der Waals surface area contributed by atoms with Crippen molar-refractivity contribution in [1.29, 1.82) is 0 Å². The van der Waals surface area contributed by atoms with E-state index in [1.54, 1.807) is 6.07 Å². The van der Waals surface area contributed by atoms with Gasteiger partial charge in [0.1, 0.15) is 0 Å². The molecule has 1 aromatic carbocycles. The Labute approximate surface area is 147 Å². The van der Waals surface area contributed by atoms with Gasteiger partial charge in [-0.05, 0) is 37.0 Å². The van der Waals surface area contributed by atoms with Crippen LogP contribution in [-0.2, 0) is 6.42 Å². The molecule has 6 heteroatoms. The monoisotopic (exact) mass is 344 g/mol. The molecule has 134 valence electrons. The van der Waals surface area contributed by atoms with Crippen LogP contribution in [0.15, 0.2) is 28.8 Å². The number of aromatic nitrogens is 1. The lowest BCUT2D eigenvalue weighted by Crippen LogP contribution is -2.26. The Bertz CT molecular complexity index is 739. The number of amides is 1. The van der Waals surface area contributed by atoms with E-state index in [2.05, 4.69) is 24.3 Å². The number of hydrogen-bond donors (Lipinski definition) is 1. The van der Waals surface area contributed by atoms with E-state index in [0.29, 0.717) is 19.1 Å². The first kappa shape index (κ1) is 17.3. The molecule has 0 bridgehead atoms. The molecular formula is C19H24N2O4. The maximum absolute atomic E-state index is 12.4. The lowest BCUT2D eigenvalue weighted by Gasteiger charge is -2.15. The van der Waals surface area contributed by atoms with Gasteiger partial charge in [0.05, 0.1) is 24.9 Å². The molecular weight excluding hydrogens is 320 g/mol. The molecule has 1 atom stereocenters. The van der Waals surface area contributed by atoms with Crippen molar-refractivity contribution in [2.24, 2.45) is 5.92 Å². The van der Waals surface area contributed by atoms with Gasteiger partial charge in [-0.3, -0.25) is 4.79 Å². The third-order valence-corrected chi connectivity index (χ3v) is 4.02. The lowest BCUT2D eigenvalue weighted by molar-refractivity contribution is 0.0902. The van der Waals surface area contributed by atoms with Gasteiger partial charge in [0.25, 0.3) is 5.91 Å². The van der Waals surface area contributed by atoms with E-state index in [1.165, 1.54) is 0 Å². The van der Waals surface area contributed by atoms with E-state index in [1.807, 2.05) is 25.1 Å². The normalized spacial score (nSPS) is 14.9. The van der Waals surface area contributed by atoms with Gasteiger partial charge < -0.3 is 19.3 Å². The standard InChI is InChI=1S/C19H24N2O4/c1-12(2)9-15-11-18(25-21-15)19(22)20-13(3)14-5-6-16-17(10-14)24-8-4-7-23-16/h5-6,10-13H,4,7-9H2,1-3H3,(H,20,22). The Morgan fingerprint density at radius 2 is 1.92 bits per heavy atom. The third kappa shape index (κ3) is 4.32. The fourth-order valence-corrected chi connectivity index (χ4v) is 2.73. The molecule has 1 unspecified atom stereocenters. The zero-order chi connectivity index (χ0) is 17.8. The molecule has 0 saturated carbocycles. The van der Waals surface area contributed by atoms with Crippen LogP contribution >= 0.6 is 0 Å². The molecule has 1 aliphatic rings. The molecule has 2 heterocycles. The van der Waals surface area contributed by atoms with Crippen molar-refractivity contribution in [1.82, 2.24) is 10.5 Å². The second-order valence-electron chi connectivity index (χ2n) is 6.73. The van der Waals surface area contributed by atoms with Gasteiger partial charge in [0.2, 0.25) is 5.76 Å². The first-order valence-electron chi connectivity index (χ1n) is 8.69. The van der Waals surface area contributed by atoms with Crippen LogP contribution in [0.2, 0.25) is 0 Å². The van der Waals surface area contributed by atoms with Gasteiger partial charge in [-0.25, -0.2) is 0 Å². The summed E-state index contributed by atoms with van der Waals surface area (Å²) in [6, 6.07) is 7.24. The second kappa shape index (κ2) is 7.59. The number of carbonyl (C=O) groups excluding carboxylic acids is 1. The van der Waals surface area contributed by atoms with Gasteiger partial charge in [0, 0.05) is 12.5 Å². The summed E-state index contributed by atoms with van der Waals surface area (Å²) in [5.74, 6) is 1.88. The van der Waals surface area contributed by atoms with Gasteiger partial charge >= 0.3 is 0 Å². The lowest BCUT2D eigenvalue weighted by atomic mass is 10.1. The average molecular weight is 344 g/mol. The summed E-state index contributed by atoms with van der Waals surface area (Å²) in [5.41, 5.74) is 1.74. The maximum atomic E-state index is 12.4. The van der Waals surface area contributed by atoms with Crippen molar-refractivity contribution < 1.29 is 18.8 Å². The van der Waals surface area contributed by atoms with E-state index < -0.39 is 0 Å². The van der Waals surface area contributed by atoms with Crippen molar-refractivity contribution in [3.05, 3.63) is 41.3 Å². The van der Waals surface area contributed by atoms with Gasteiger partial charge in [-0.2, -0.15) is 0 Å². The molecule has 1 amide bonds. The summed E-state index contributed by atoms with van der Waals surface area (Å²) >= 11 is 0. The summed E-state index contributed by atoms with van der Waals surface area (Å²) in [7, 11) is 0. The van der Waals surface area contributed by atoms with Crippen LogP contribution in [0.5, 0.6) is 11.5 Å². The summed E-state index contributed by atoms with van der Waals surface area (Å²) in [6.07, 6.45) is 1.65. The fraction of sp³-hybridized carbons (Fsp3) is 0.474. The van der Waals surface area contributed by atoms with Crippen LogP contribution < -0.4 is 14.8 Å². The number of benzene rings is 1. The highest BCUT2D eigenvalue weighted by atomic mass is 16.5. The Kier molecular flexibility index (Phi) is 5.26. The zero-order valence-electron chi connectivity index (χ0n) is 14.9. The quantitative estimate of drug-likeness (QED) is 0.898. The van der Waals surface area contributed by atoms with Gasteiger partial charge in [-0.1, -0.05) is 25.1 Å². The summed E-state index contributed by atoms with van der Waals surface area (Å²) in [4.78, 5) is 12.4. The van der Waals surface area contributed by atoms with E-state index >= 15 is 0 Å². The van der Waals surface area contributed by atoms with Crippen molar-refractivity contribution in [2.45, 2.75) is 39.7 Å². The van der Waals surface area contributed by atoms with Crippen LogP contribution in [0.4, 0.5) is 0 Å². The molecule has 6 nitrogen and oxygen atoms in total. The zero-order valence-corrected chi connectivity index (χ0v) is 14.9. The SMILES string of the molecule is CC(C)Cc1cc(C(=O)NC(C)c2ccc3c(c2)OCCCO3)on1. The van der Waals surface area contributed by atoms with Crippen molar-refractivity contribution in [3.8, 4) is 11.5 Å². The number of hydrogen-bond acceptors (Lipinski definition) is 5. The van der Waals surface area contributed by atoms with E-state index in [0.717, 1.165) is 35.6 Å². The third-order valence-electron chi connectivity index (χ3n) is 4.02. The number of ether oxygens (including phenoxy) is 2. The fourth-order valence-electron chi connectivity index (χ4n) is 2.73. The average Bonchev–Trinajstić information content (AvgIpc) is 2.90. The van der Waals surface area contributed by atoms with Gasteiger partial charge in [-0.15, -0.1) is 0 Å². The minimum atomic E-state index is -0.276. The summed E-state index contributed by atoms with van der Waals surface area (Å²) in [6.45, 7) is 7.40. The Morgan fingerprint density at radius 1 is 1.16 bits per heavy atom. The molecule has 0 spiro atoms. The molecule has 3 rings (SSSR count). The minimum absolute atomic E-state index is 0.191. The highest BCUT2D eigenvalue weighted by molar-refractivity contribution is 5.91. The Hall–Kier alpha value is -2.50. The predicted octanol–water partition coefficient (Wildman–Crippen LogP) is 3.53. The molecule has 1 aliphatic heterocycles. The molecule has 0 saturated heterocycles. The first-order valence-corrected chi connectivity index (χ1v) is 8.69. The van der Waals surface area contributed by atoms with Crippen LogP contribution in [-0.4, -0.2) is 24.3 Å². The summed E-state index contributed by atoms with van der Waals surface area (Å²) in [5, 5.41) is 6.89. The van der Waals surface area contributed by atoms with E-state index in [4.69, 9.17) is 14.0 Å². The number of rotatable bonds is 5. The van der Waals surface area contributed by atoms with Crippen molar-refractivity contribution in [2.75, 3.05) is 13.2 Å².